The van der Waals surface area contributed by atoms with Gasteiger partial charge in [-0.15, -0.1) is 0 Å². The monoisotopic (exact) mass is 291 g/mol. The lowest BCUT2D eigenvalue weighted by Crippen LogP contribution is -2.50. The lowest BCUT2D eigenvalue weighted by atomic mass is 10.1. The van der Waals surface area contributed by atoms with Crippen LogP contribution in [0, 0.1) is 5.92 Å². The molecule has 2 aliphatic rings. The molecule has 1 saturated heterocycles. The number of ether oxygens (including phenoxy) is 1. The van der Waals surface area contributed by atoms with Crippen molar-refractivity contribution in [1.29, 1.82) is 0 Å². The van der Waals surface area contributed by atoms with Crippen LogP contribution in [0.2, 0.25) is 0 Å². The molecule has 3 unspecified atom stereocenters. The Kier molecular flexibility index (Phi) is 4.47. The summed E-state index contributed by atoms with van der Waals surface area (Å²) in [5.74, 6) is -1.75. The van der Waals surface area contributed by atoms with Crippen molar-refractivity contribution < 1.29 is 23.1 Å². The quantitative estimate of drug-likeness (QED) is 0.823. The molecule has 1 aliphatic carbocycles. The zero-order chi connectivity index (χ0) is 14.0. The summed E-state index contributed by atoms with van der Waals surface area (Å²) in [6.07, 6.45) is 2.27. The molecular weight excluding hydrogens is 270 g/mol. The van der Waals surface area contributed by atoms with Crippen molar-refractivity contribution in [3.63, 3.8) is 0 Å². The van der Waals surface area contributed by atoms with Crippen molar-refractivity contribution in [2.24, 2.45) is 5.92 Å². The maximum Gasteiger partial charge on any atom is 0.307 e. The first-order chi connectivity index (χ1) is 8.96. The normalized spacial score (nSPS) is 33.4. The highest BCUT2D eigenvalue weighted by molar-refractivity contribution is 7.89. The molecule has 2 fully saturated rings. The number of aliphatic carboxylic acids is 1. The zero-order valence-electron chi connectivity index (χ0n) is 11.1. The first-order valence-corrected chi connectivity index (χ1v) is 8.30. The van der Waals surface area contributed by atoms with Gasteiger partial charge < -0.3 is 9.84 Å². The molecule has 2 rings (SSSR count). The summed E-state index contributed by atoms with van der Waals surface area (Å²) >= 11 is 0. The van der Waals surface area contributed by atoms with Gasteiger partial charge in [0.2, 0.25) is 10.0 Å². The van der Waals surface area contributed by atoms with E-state index in [2.05, 4.69) is 0 Å². The van der Waals surface area contributed by atoms with E-state index in [1.807, 2.05) is 6.92 Å². The van der Waals surface area contributed by atoms with Gasteiger partial charge in [0.15, 0.2) is 0 Å². The van der Waals surface area contributed by atoms with Crippen LogP contribution < -0.4 is 0 Å². The van der Waals surface area contributed by atoms with E-state index in [9.17, 15) is 13.2 Å². The molecule has 110 valence electrons. The third-order valence-corrected chi connectivity index (χ3v) is 6.45. The minimum Gasteiger partial charge on any atom is -0.481 e. The number of morpholine rings is 1. The van der Waals surface area contributed by atoms with Crippen molar-refractivity contribution in [3.05, 3.63) is 0 Å². The number of sulfonamides is 1. The molecule has 19 heavy (non-hydrogen) atoms. The van der Waals surface area contributed by atoms with E-state index in [0.717, 1.165) is 6.42 Å². The summed E-state index contributed by atoms with van der Waals surface area (Å²) in [7, 11) is -3.53. The highest BCUT2D eigenvalue weighted by atomic mass is 32.2. The molecule has 6 nitrogen and oxygen atoms in total. The van der Waals surface area contributed by atoms with Crippen LogP contribution in [0.4, 0.5) is 0 Å². The van der Waals surface area contributed by atoms with Gasteiger partial charge in [-0.2, -0.15) is 4.31 Å². The fraction of sp³-hybridized carbons (Fsp3) is 0.917. The van der Waals surface area contributed by atoms with E-state index in [0.29, 0.717) is 39.0 Å². The molecule has 0 radical (unpaired) electrons. The van der Waals surface area contributed by atoms with Gasteiger partial charge in [0, 0.05) is 13.1 Å². The number of carboxylic acids is 1. The Balaban J connectivity index is 2.15. The third kappa shape index (κ3) is 2.93. The minimum atomic E-state index is -3.53. The lowest BCUT2D eigenvalue weighted by molar-refractivity contribution is -0.141. The second kappa shape index (κ2) is 5.76. The predicted molar refractivity (Wildman–Crippen MR) is 69.3 cm³/mol. The van der Waals surface area contributed by atoms with Crippen LogP contribution in [0.5, 0.6) is 0 Å². The van der Waals surface area contributed by atoms with Gasteiger partial charge in [-0.1, -0.05) is 13.3 Å². The van der Waals surface area contributed by atoms with E-state index in [1.165, 1.54) is 4.31 Å². The Bertz CT molecular complexity index is 435. The molecule has 1 aliphatic heterocycles. The third-order valence-electron chi connectivity index (χ3n) is 4.07. The lowest BCUT2D eigenvalue weighted by Gasteiger charge is -2.34. The van der Waals surface area contributed by atoms with Crippen LogP contribution in [-0.2, 0) is 19.6 Å². The minimum absolute atomic E-state index is 0.0757. The van der Waals surface area contributed by atoms with E-state index in [1.54, 1.807) is 0 Å². The van der Waals surface area contributed by atoms with Gasteiger partial charge in [0.05, 0.1) is 23.9 Å². The number of hydrogen-bond acceptors (Lipinski definition) is 4. The highest BCUT2D eigenvalue weighted by Crippen LogP contribution is 2.33. The van der Waals surface area contributed by atoms with Crippen LogP contribution in [-0.4, -0.2) is 54.8 Å². The summed E-state index contributed by atoms with van der Waals surface area (Å²) in [4.78, 5) is 11.2. The summed E-state index contributed by atoms with van der Waals surface area (Å²) in [6, 6.07) is 0. The predicted octanol–water partition coefficient (Wildman–Crippen LogP) is 0.680. The number of carbonyl (C=O) groups is 1. The number of rotatable bonds is 4. The summed E-state index contributed by atoms with van der Waals surface area (Å²) in [5, 5.41) is 8.37. The molecule has 1 saturated carbocycles. The number of carboxylic acid groups (broad SMARTS) is 1. The SMILES string of the molecule is CCC1CN(S(=O)(=O)C2CCCC2C(=O)O)CCO1. The summed E-state index contributed by atoms with van der Waals surface area (Å²) in [6.45, 7) is 3.03. The molecular formula is C12H21NO5S. The average Bonchev–Trinajstić information content (AvgIpc) is 2.89. The first kappa shape index (κ1) is 14.7. The van der Waals surface area contributed by atoms with E-state index in [4.69, 9.17) is 9.84 Å². The van der Waals surface area contributed by atoms with Gasteiger partial charge >= 0.3 is 5.97 Å². The van der Waals surface area contributed by atoms with Crippen molar-refractivity contribution in [1.82, 2.24) is 4.31 Å². The van der Waals surface area contributed by atoms with Crippen molar-refractivity contribution >= 4 is 16.0 Å². The largest absolute Gasteiger partial charge is 0.481 e. The molecule has 0 aromatic rings. The fourth-order valence-corrected chi connectivity index (χ4v) is 5.15. The number of hydrogen-bond donors (Lipinski definition) is 1. The Hall–Kier alpha value is -0.660. The zero-order valence-corrected chi connectivity index (χ0v) is 11.9. The molecule has 0 bridgehead atoms. The maximum absolute atomic E-state index is 12.6. The molecule has 1 N–H and O–H groups in total. The van der Waals surface area contributed by atoms with Crippen molar-refractivity contribution in [3.8, 4) is 0 Å². The van der Waals surface area contributed by atoms with Crippen LogP contribution in [0.25, 0.3) is 0 Å². The van der Waals surface area contributed by atoms with Crippen molar-refractivity contribution in [2.45, 2.75) is 44.0 Å². The van der Waals surface area contributed by atoms with Gasteiger partial charge in [-0.25, -0.2) is 8.42 Å². The fourth-order valence-electron chi connectivity index (χ4n) is 2.93. The molecule has 3 atom stereocenters. The summed E-state index contributed by atoms with van der Waals surface area (Å²) < 4.78 is 32.0. The number of nitrogens with zero attached hydrogens (tertiary/aromatic N) is 1. The second-order valence-corrected chi connectivity index (χ2v) is 7.37. The molecule has 0 aromatic heterocycles. The molecule has 0 amide bonds. The Morgan fingerprint density at radius 1 is 1.42 bits per heavy atom. The topological polar surface area (TPSA) is 83.9 Å². The van der Waals surface area contributed by atoms with Gasteiger partial charge in [-0.3, -0.25) is 4.79 Å². The molecule has 0 aromatic carbocycles. The molecule has 0 spiro atoms. The average molecular weight is 291 g/mol. The Morgan fingerprint density at radius 2 is 2.16 bits per heavy atom. The smallest absolute Gasteiger partial charge is 0.307 e. The van der Waals surface area contributed by atoms with Crippen LogP contribution in [0.15, 0.2) is 0 Å². The van der Waals surface area contributed by atoms with Crippen LogP contribution in [0.3, 0.4) is 0 Å². The van der Waals surface area contributed by atoms with E-state index < -0.39 is 27.2 Å². The second-order valence-electron chi connectivity index (χ2n) is 5.22. The Morgan fingerprint density at radius 3 is 2.79 bits per heavy atom. The van der Waals surface area contributed by atoms with Gasteiger partial charge in [0.1, 0.15) is 0 Å². The molecule has 1 heterocycles. The van der Waals surface area contributed by atoms with E-state index in [-0.39, 0.29) is 6.10 Å². The molecule has 7 heteroatoms. The standard InChI is InChI=1S/C12H21NO5S/c1-2-9-8-13(6-7-18-9)19(16,17)11-5-3-4-10(11)12(14)15/h9-11H,2-8H2,1H3,(H,14,15). The van der Waals surface area contributed by atoms with Gasteiger partial charge in [0.25, 0.3) is 0 Å². The summed E-state index contributed by atoms with van der Waals surface area (Å²) in [5.41, 5.74) is 0. The first-order valence-electron chi connectivity index (χ1n) is 6.80. The van der Waals surface area contributed by atoms with Crippen molar-refractivity contribution in [2.75, 3.05) is 19.7 Å². The maximum atomic E-state index is 12.6. The van der Waals surface area contributed by atoms with Gasteiger partial charge in [-0.05, 0) is 19.3 Å². The van der Waals surface area contributed by atoms with Crippen LogP contribution in [0.1, 0.15) is 32.6 Å². The van der Waals surface area contributed by atoms with E-state index >= 15 is 0 Å². The Labute approximate surface area is 113 Å². The highest BCUT2D eigenvalue weighted by Gasteiger charge is 2.45. The van der Waals surface area contributed by atoms with Crippen LogP contribution >= 0.6 is 0 Å².